The number of halogens is 1. The molecule has 6 heteroatoms. The Kier molecular flexibility index (Phi) is 5.53. The Balaban J connectivity index is 3.19. The van der Waals surface area contributed by atoms with Gasteiger partial charge in [-0.1, -0.05) is 24.6 Å². The third-order valence-corrected chi connectivity index (χ3v) is 3.47. The maximum absolute atomic E-state index is 12.6. The van der Waals surface area contributed by atoms with E-state index in [-0.39, 0.29) is 0 Å². The van der Waals surface area contributed by atoms with Crippen LogP contribution in [0.1, 0.15) is 20.3 Å². The molecule has 0 aliphatic carbocycles. The van der Waals surface area contributed by atoms with E-state index in [1.165, 1.54) is 12.0 Å². The number of carbonyl (C=O) groups is 2. The molecule has 0 aliphatic rings. The third kappa shape index (κ3) is 3.71. The monoisotopic (exact) mass is 299 g/mol. The van der Waals surface area contributed by atoms with Crippen molar-refractivity contribution in [3.05, 3.63) is 29.3 Å². The molecule has 0 saturated carbocycles. The lowest BCUT2D eigenvalue weighted by molar-refractivity contribution is -0.142. The molecule has 0 spiro atoms. The summed E-state index contributed by atoms with van der Waals surface area (Å²) in [5.41, 5.74) is -0.640. The summed E-state index contributed by atoms with van der Waals surface area (Å²) in [5.74, 6) is -1.51. The van der Waals surface area contributed by atoms with Crippen LogP contribution in [0.3, 0.4) is 0 Å². The molecule has 110 valence electrons. The zero-order valence-corrected chi connectivity index (χ0v) is 12.5. The maximum atomic E-state index is 12.6. The Morgan fingerprint density at radius 1 is 1.45 bits per heavy atom. The molecule has 1 rings (SSSR count). The molecule has 0 aromatic heterocycles. The molecular weight excluding hydrogens is 282 g/mol. The SMILES string of the molecule is CCC(C)(OC)C(=O)N(CC(=O)O)c1cccc(Cl)c1. The summed E-state index contributed by atoms with van der Waals surface area (Å²) in [4.78, 5) is 24.7. The Morgan fingerprint density at radius 2 is 2.10 bits per heavy atom. The Morgan fingerprint density at radius 3 is 2.55 bits per heavy atom. The van der Waals surface area contributed by atoms with Crippen molar-refractivity contribution in [1.82, 2.24) is 0 Å². The summed E-state index contributed by atoms with van der Waals surface area (Å²) in [6.07, 6.45) is 0.430. The van der Waals surface area contributed by atoms with Crippen molar-refractivity contribution < 1.29 is 19.4 Å². The Hall–Kier alpha value is -1.59. The first-order valence-electron chi connectivity index (χ1n) is 6.18. The van der Waals surface area contributed by atoms with E-state index in [1.807, 2.05) is 0 Å². The Bertz CT molecular complexity index is 500. The second kappa shape index (κ2) is 6.72. The van der Waals surface area contributed by atoms with Gasteiger partial charge in [-0.05, 0) is 31.5 Å². The maximum Gasteiger partial charge on any atom is 0.323 e. The van der Waals surface area contributed by atoms with Crippen LogP contribution in [0, 0.1) is 0 Å². The van der Waals surface area contributed by atoms with Gasteiger partial charge in [-0.25, -0.2) is 0 Å². The van der Waals surface area contributed by atoms with Gasteiger partial charge in [0, 0.05) is 17.8 Å². The van der Waals surface area contributed by atoms with E-state index in [2.05, 4.69) is 0 Å². The van der Waals surface area contributed by atoms with Gasteiger partial charge in [0.15, 0.2) is 0 Å². The quantitative estimate of drug-likeness (QED) is 0.876. The van der Waals surface area contributed by atoms with Crippen molar-refractivity contribution in [3.63, 3.8) is 0 Å². The van der Waals surface area contributed by atoms with Crippen LogP contribution in [0.5, 0.6) is 0 Å². The standard InChI is InChI=1S/C14H18ClNO4/c1-4-14(2,20-3)13(19)16(9-12(17)18)11-7-5-6-10(15)8-11/h5-8H,4,9H2,1-3H3,(H,17,18). The number of ether oxygens (including phenoxy) is 1. The van der Waals surface area contributed by atoms with Crippen LogP contribution >= 0.6 is 11.6 Å². The largest absolute Gasteiger partial charge is 0.480 e. The fourth-order valence-electron chi connectivity index (χ4n) is 1.73. The molecule has 1 atom stereocenters. The van der Waals surface area contributed by atoms with Crippen molar-refractivity contribution in [1.29, 1.82) is 0 Å². The molecule has 5 nitrogen and oxygen atoms in total. The van der Waals surface area contributed by atoms with Gasteiger partial charge in [0.2, 0.25) is 0 Å². The number of carboxylic acids is 1. The van der Waals surface area contributed by atoms with Crippen LogP contribution in [0.2, 0.25) is 5.02 Å². The van der Waals surface area contributed by atoms with Crippen LogP contribution in [-0.2, 0) is 14.3 Å². The number of hydrogen-bond donors (Lipinski definition) is 1. The van der Waals surface area contributed by atoms with Crippen LogP contribution < -0.4 is 4.90 Å². The first-order chi connectivity index (χ1) is 9.34. The van der Waals surface area contributed by atoms with E-state index < -0.39 is 24.0 Å². The van der Waals surface area contributed by atoms with E-state index in [0.717, 1.165) is 0 Å². The van der Waals surface area contributed by atoms with Gasteiger partial charge in [0.05, 0.1) is 0 Å². The van der Waals surface area contributed by atoms with Crippen molar-refractivity contribution >= 4 is 29.2 Å². The molecule has 0 fully saturated rings. The molecule has 0 aliphatic heterocycles. The predicted molar refractivity (Wildman–Crippen MR) is 77.1 cm³/mol. The number of benzene rings is 1. The van der Waals surface area contributed by atoms with Crippen molar-refractivity contribution in [2.24, 2.45) is 0 Å². The number of carboxylic acid groups (broad SMARTS) is 1. The van der Waals surface area contributed by atoms with Gasteiger partial charge >= 0.3 is 5.97 Å². The number of nitrogens with zero attached hydrogens (tertiary/aromatic N) is 1. The highest BCUT2D eigenvalue weighted by atomic mass is 35.5. The summed E-state index contributed by atoms with van der Waals surface area (Å²) < 4.78 is 5.25. The second-order valence-corrected chi connectivity index (χ2v) is 4.99. The normalized spacial score (nSPS) is 13.6. The van der Waals surface area contributed by atoms with Crippen LogP contribution in [0.25, 0.3) is 0 Å². The van der Waals surface area contributed by atoms with E-state index in [0.29, 0.717) is 17.1 Å². The van der Waals surface area contributed by atoms with Crippen LogP contribution in [0.4, 0.5) is 5.69 Å². The minimum Gasteiger partial charge on any atom is -0.480 e. The van der Waals surface area contributed by atoms with E-state index >= 15 is 0 Å². The molecule has 1 N–H and O–H groups in total. The van der Waals surface area contributed by atoms with Gasteiger partial charge < -0.3 is 9.84 Å². The van der Waals surface area contributed by atoms with Crippen LogP contribution in [-0.4, -0.2) is 36.2 Å². The van der Waals surface area contributed by atoms with E-state index in [9.17, 15) is 9.59 Å². The van der Waals surface area contributed by atoms with Crippen molar-refractivity contribution in [2.75, 3.05) is 18.6 Å². The number of anilines is 1. The predicted octanol–water partition coefficient (Wildman–Crippen LogP) is 2.57. The third-order valence-electron chi connectivity index (χ3n) is 3.24. The number of hydrogen-bond acceptors (Lipinski definition) is 3. The van der Waals surface area contributed by atoms with Gasteiger partial charge in [-0.15, -0.1) is 0 Å². The molecule has 1 aromatic rings. The molecule has 1 unspecified atom stereocenters. The first-order valence-corrected chi connectivity index (χ1v) is 6.56. The highest BCUT2D eigenvalue weighted by Gasteiger charge is 2.36. The average molecular weight is 300 g/mol. The highest BCUT2D eigenvalue weighted by molar-refractivity contribution is 6.31. The molecule has 1 amide bonds. The smallest absolute Gasteiger partial charge is 0.323 e. The number of aliphatic carboxylic acids is 1. The molecule has 0 radical (unpaired) electrons. The van der Waals surface area contributed by atoms with Crippen molar-refractivity contribution in [3.8, 4) is 0 Å². The summed E-state index contributed by atoms with van der Waals surface area (Å²) >= 11 is 5.90. The minimum absolute atomic E-state index is 0.410. The van der Waals surface area contributed by atoms with Crippen LogP contribution in [0.15, 0.2) is 24.3 Å². The fourth-order valence-corrected chi connectivity index (χ4v) is 1.91. The topological polar surface area (TPSA) is 66.8 Å². The van der Waals surface area contributed by atoms with Gasteiger partial charge in [0.1, 0.15) is 12.1 Å². The molecule has 1 aromatic carbocycles. The van der Waals surface area contributed by atoms with E-state index in [4.69, 9.17) is 21.4 Å². The summed E-state index contributed by atoms with van der Waals surface area (Å²) in [6.45, 7) is 2.99. The summed E-state index contributed by atoms with van der Waals surface area (Å²) in [5, 5.41) is 9.44. The lowest BCUT2D eigenvalue weighted by Crippen LogP contribution is -2.50. The lowest BCUT2D eigenvalue weighted by Gasteiger charge is -2.32. The number of carbonyl (C=O) groups excluding carboxylic acids is 1. The number of rotatable bonds is 6. The van der Waals surface area contributed by atoms with Gasteiger partial charge in [0.25, 0.3) is 5.91 Å². The van der Waals surface area contributed by atoms with E-state index in [1.54, 1.807) is 38.1 Å². The number of amides is 1. The highest BCUT2D eigenvalue weighted by Crippen LogP contribution is 2.25. The molecule has 0 saturated heterocycles. The summed E-state index contributed by atoms with van der Waals surface area (Å²) in [6, 6.07) is 6.51. The molecule has 20 heavy (non-hydrogen) atoms. The molecular formula is C14H18ClNO4. The molecule has 0 bridgehead atoms. The number of methoxy groups -OCH3 is 1. The minimum atomic E-state index is -1.10. The zero-order chi connectivity index (χ0) is 15.3. The Labute approximate surface area is 123 Å². The fraction of sp³-hybridized carbons (Fsp3) is 0.429. The van der Waals surface area contributed by atoms with Gasteiger partial charge in [-0.2, -0.15) is 0 Å². The average Bonchev–Trinajstić information content (AvgIpc) is 2.43. The summed E-state index contributed by atoms with van der Waals surface area (Å²) in [7, 11) is 1.43. The lowest BCUT2D eigenvalue weighted by atomic mass is 10.0. The van der Waals surface area contributed by atoms with Gasteiger partial charge in [-0.3, -0.25) is 14.5 Å². The molecule has 0 heterocycles. The van der Waals surface area contributed by atoms with Crippen molar-refractivity contribution in [2.45, 2.75) is 25.9 Å². The zero-order valence-electron chi connectivity index (χ0n) is 11.7. The second-order valence-electron chi connectivity index (χ2n) is 4.55. The first kappa shape index (κ1) is 16.5.